The topological polar surface area (TPSA) is 72.7 Å². The molecule has 29 heavy (non-hydrogen) atoms. The van der Waals surface area contributed by atoms with Gasteiger partial charge in [0.15, 0.2) is 0 Å². The van der Waals surface area contributed by atoms with Crippen LogP contribution < -0.4 is 5.56 Å². The van der Waals surface area contributed by atoms with Crippen LogP contribution in [-0.2, 0) is 18.4 Å². The molecule has 1 fully saturated rings. The fraction of sp³-hybridized carbons (Fsp3) is 0.381. The Balaban J connectivity index is 1.75. The number of carbonyl (C=O) groups excluding carboxylic acids is 1. The van der Waals surface area contributed by atoms with E-state index in [4.69, 9.17) is 11.6 Å². The van der Waals surface area contributed by atoms with E-state index >= 15 is 0 Å². The Labute approximate surface area is 179 Å². The lowest BCUT2D eigenvalue weighted by atomic mass is 9.65. The summed E-state index contributed by atoms with van der Waals surface area (Å²) in [6, 6.07) is 5.85. The second-order valence-electron chi connectivity index (χ2n) is 7.82. The van der Waals surface area contributed by atoms with Crippen LogP contribution in [0.15, 0.2) is 27.9 Å². The van der Waals surface area contributed by atoms with Crippen LogP contribution in [0.4, 0.5) is 0 Å². The summed E-state index contributed by atoms with van der Waals surface area (Å²) in [5.74, 6) is -0.518. The first-order valence-corrected chi connectivity index (χ1v) is 10.3. The summed E-state index contributed by atoms with van der Waals surface area (Å²) in [5.41, 5.74) is 4.85. The van der Waals surface area contributed by atoms with Gasteiger partial charge in [0.05, 0.1) is 28.7 Å². The first-order valence-electron chi connectivity index (χ1n) is 9.48. The molecular weight excluding hydrogens is 408 g/mol. The molecule has 2 heterocycles. The number of benzene rings is 1. The SMILES string of the molecule is Cc1cc(C)n(Cc2c(S)ccc([C@@H]3CC(=O)C3c3c(C)[nH]n(C)c3=O)c2Cl)n1. The van der Waals surface area contributed by atoms with Crippen LogP contribution in [0.2, 0.25) is 5.02 Å². The third-order valence-corrected chi connectivity index (χ3v) is 6.68. The minimum atomic E-state index is -0.468. The normalized spacial score (nSPS) is 18.9. The summed E-state index contributed by atoms with van der Waals surface area (Å²) in [7, 11) is 1.66. The smallest absolute Gasteiger partial charge is 0.270 e. The van der Waals surface area contributed by atoms with Gasteiger partial charge < -0.3 is 0 Å². The fourth-order valence-corrected chi connectivity index (χ4v) is 4.99. The van der Waals surface area contributed by atoms with Crippen molar-refractivity contribution < 1.29 is 4.79 Å². The highest BCUT2D eigenvalue weighted by atomic mass is 35.5. The number of nitrogens with zero attached hydrogens (tertiary/aromatic N) is 3. The number of ketones is 1. The van der Waals surface area contributed by atoms with Crippen LogP contribution in [0.3, 0.4) is 0 Å². The Morgan fingerprint density at radius 1 is 1.28 bits per heavy atom. The summed E-state index contributed by atoms with van der Waals surface area (Å²) >= 11 is 11.4. The Kier molecular flexibility index (Phi) is 4.99. The van der Waals surface area contributed by atoms with Gasteiger partial charge in [0.2, 0.25) is 0 Å². The number of hydrogen-bond acceptors (Lipinski definition) is 4. The van der Waals surface area contributed by atoms with Crippen molar-refractivity contribution in [2.24, 2.45) is 7.05 Å². The zero-order valence-corrected chi connectivity index (χ0v) is 18.4. The second kappa shape index (κ2) is 7.22. The maximum Gasteiger partial charge on any atom is 0.270 e. The summed E-state index contributed by atoms with van der Waals surface area (Å²) in [4.78, 5) is 25.8. The molecule has 4 rings (SSSR count). The highest BCUT2D eigenvalue weighted by Gasteiger charge is 2.45. The zero-order chi connectivity index (χ0) is 21.0. The molecule has 1 aliphatic carbocycles. The number of aryl methyl sites for hydroxylation is 4. The Morgan fingerprint density at radius 3 is 2.55 bits per heavy atom. The number of rotatable bonds is 4. The number of halogens is 1. The van der Waals surface area contributed by atoms with E-state index in [1.807, 2.05) is 43.7 Å². The number of Topliss-reactive ketones (excluding diaryl/α,β-unsaturated/α-hetero) is 1. The van der Waals surface area contributed by atoms with Crippen molar-refractivity contribution in [3.8, 4) is 0 Å². The van der Waals surface area contributed by atoms with Crippen molar-refractivity contribution in [1.29, 1.82) is 0 Å². The summed E-state index contributed by atoms with van der Waals surface area (Å²) < 4.78 is 3.31. The van der Waals surface area contributed by atoms with E-state index in [1.165, 1.54) is 4.68 Å². The maximum absolute atomic E-state index is 12.6. The van der Waals surface area contributed by atoms with Crippen molar-refractivity contribution in [3.05, 3.63) is 67.3 Å². The van der Waals surface area contributed by atoms with Gasteiger partial charge in [-0.05, 0) is 38.5 Å². The Morgan fingerprint density at radius 2 is 2.00 bits per heavy atom. The number of hydrogen-bond donors (Lipinski definition) is 2. The molecule has 1 N–H and O–H groups in total. The standard InChI is InChI=1S/C21H23ClN4O2S/c1-10-7-11(2)26(23-10)9-15-17(29)6-5-13(20(15)22)14-8-16(27)19(14)18-12(3)24-25(4)21(18)28/h5-7,14,19,24,29H,8-9H2,1-4H3/t14-,19?/m0/s1. The van der Waals surface area contributed by atoms with Crippen molar-refractivity contribution in [1.82, 2.24) is 19.6 Å². The van der Waals surface area contributed by atoms with Crippen molar-refractivity contribution in [2.75, 3.05) is 0 Å². The lowest BCUT2D eigenvalue weighted by Crippen LogP contribution is -2.37. The molecule has 1 aliphatic rings. The van der Waals surface area contributed by atoms with Gasteiger partial charge in [0, 0.05) is 41.2 Å². The van der Waals surface area contributed by atoms with Crippen LogP contribution in [0, 0.1) is 20.8 Å². The molecule has 0 radical (unpaired) electrons. The second-order valence-corrected chi connectivity index (χ2v) is 8.68. The van der Waals surface area contributed by atoms with E-state index in [9.17, 15) is 9.59 Å². The van der Waals surface area contributed by atoms with E-state index in [1.54, 1.807) is 7.05 Å². The first-order chi connectivity index (χ1) is 13.7. The zero-order valence-electron chi connectivity index (χ0n) is 16.8. The summed E-state index contributed by atoms with van der Waals surface area (Å²) in [5, 5.41) is 8.10. The molecule has 0 saturated heterocycles. The highest BCUT2D eigenvalue weighted by molar-refractivity contribution is 7.80. The van der Waals surface area contributed by atoms with E-state index in [0.29, 0.717) is 23.6 Å². The summed E-state index contributed by atoms with van der Waals surface area (Å²) in [6.07, 6.45) is 0.378. The molecule has 0 aliphatic heterocycles. The van der Waals surface area contributed by atoms with Gasteiger partial charge in [-0.15, -0.1) is 12.6 Å². The van der Waals surface area contributed by atoms with Crippen molar-refractivity contribution in [3.63, 3.8) is 0 Å². The minimum absolute atomic E-state index is 0.0703. The average molecular weight is 431 g/mol. The monoisotopic (exact) mass is 430 g/mol. The highest BCUT2D eigenvalue weighted by Crippen LogP contribution is 2.49. The number of aromatic nitrogens is 4. The van der Waals surface area contributed by atoms with Gasteiger partial charge in [-0.3, -0.25) is 24.1 Å². The van der Waals surface area contributed by atoms with Crippen LogP contribution in [-0.4, -0.2) is 25.3 Å². The van der Waals surface area contributed by atoms with E-state index in [-0.39, 0.29) is 17.3 Å². The first kappa shape index (κ1) is 20.0. The Hall–Kier alpha value is -2.25. The van der Waals surface area contributed by atoms with Gasteiger partial charge in [-0.25, -0.2) is 0 Å². The van der Waals surface area contributed by atoms with E-state index < -0.39 is 5.92 Å². The number of carbonyl (C=O) groups is 1. The third kappa shape index (κ3) is 3.26. The van der Waals surface area contributed by atoms with Gasteiger partial charge >= 0.3 is 0 Å². The van der Waals surface area contributed by atoms with Crippen LogP contribution in [0.5, 0.6) is 0 Å². The van der Waals surface area contributed by atoms with Crippen molar-refractivity contribution >= 4 is 30.0 Å². The number of H-pyrrole nitrogens is 1. The minimum Gasteiger partial charge on any atom is -0.300 e. The average Bonchev–Trinajstić information content (AvgIpc) is 3.09. The molecule has 0 amide bonds. The number of aromatic amines is 1. The van der Waals surface area contributed by atoms with Gasteiger partial charge in [-0.2, -0.15) is 5.10 Å². The quantitative estimate of drug-likeness (QED) is 0.620. The molecular formula is C21H23ClN4O2S. The third-order valence-electron chi connectivity index (χ3n) is 5.81. The molecule has 1 aromatic carbocycles. The number of thiol groups is 1. The van der Waals surface area contributed by atoms with Crippen LogP contribution in [0.1, 0.15) is 52.0 Å². The molecule has 1 saturated carbocycles. The lowest BCUT2D eigenvalue weighted by molar-refractivity contribution is -0.127. The molecule has 8 heteroatoms. The molecule has 3 aromatic rings. The maximum atomic E-state index is 12.6. The van der Waals surface area contributed by atoms with Gasteiger partial charge in [0.1, 0.15) is 5.78 Å². The van der Waals surface area contributed by atoms with Crippen LogP contribution in [0.25, 0.3) is 0 Å². The molecule has 152 valence electrons. The van der Waals surface area contributed by atoms with Gasteiger partial charge in [0.25, 0.3) is 5.56 Å². The molecule has 1 unspecified atom stereocenters. The largest absolute Gasteiger partial charge is 0.300 e. The fourth-order valence-electron chi connectivity index (χ4n) is 4.30. The predicted octanol–water partition coefficient (Wildman–Crippen LogP) is 3.67. The molecule has 2 atom stereocenters. The lowest BCUT2D eigenvalue weighted by Gasteiger charge is -2.36. The Bertz CT molecular complexity index is 1190. The van der Waals surface area contributed by atoms with Gasteiger partial charge in [-0.1, -0.05) is 17.7 Å². The molecule has 0 bridgehead atoms. The van der Waals surface area contributed by atoms with E-state index in [2.05, 4.69) is 22.8 Å². The molecule has 6 nitrogen and oxygen atoms in total. The molecule has 2 aromatic heterocycles. The molecule has 0 spiro atoms. The van der Waals surface area contributed by atoms with Crippen LogP contribution >= 0.6 is 24.2 Å². The number of nitrogens with one attached hydrogen (secondary N) is 1. The predicted molar refractivity (Wildman–Crippen MR) is 115 cm³/mol. The van der Waals surface area contributed by atoms with Crippen molar-refractivity contribution in [2.45, 2.75) is 50.5 Å². The summed E-state index contributed by atoms with van der Waals surface area (Å²) in [6.45, 7) is 6.28. The van der Waals surface area contributed by atoms with E-state index in [0.717, 1.165) is 33.1 Å².